The minimum absolute atomic E-state index is 0.222. The third-order valence-corrected chi connectivity index (χ3v) is 3.78. The molecular weight excluding hydrogens is 232 g/mol. The molecule has 0 heterocycles. The molecule has 0 fully saturated rings. The first-order chi connectivity index (χ1) is 9.09. The van der Waals surface area contributed by atoms with E-state index in [1.807, 2.05) is 43.3 Å². The summed E-state index contributed by atoms with van der Waals surface area (Å²) in [5.41, 5.74) is 2.80. The van der Waals surface area contributed by atoms with Crippen molar-refractivity contribution in [3.8, 4) is 0 Å². The predicted molar refractivity (Wildman–Crippen MR) is 80.2 cm³/mol. The van der Waals surface area contributed by atoms with E-state index in [4.69, 9.17) is 0 Å². The Morgan fingerprint density at radius 1 is 1.26 bits per heavy atom. The van der Waals surface area contributed by atoms with E-state index in [0.29, 0.717) is 0 Å². The van der Waals surface area contributed by atoms with Gasteiger partial charge in [0.2, 0.25) is 0 Å². The Bertz CT molecular complexity index is 548. The summed E-state index contributed by atoms with van der Waals surface area (Å²) in [4.78, 5) is 12.8. The standard InChI is InChI=1S/C18H20O/c1-4-14-11-15(5-2)13-18(3,12-14)17(19)16-9-7-6-8-10-16/h4-11H,1,12-13H2,2-3H3/b15-5-. The Morgan fingerprint density at radius 2 is 1.95 bits per heavy atom. The van der Waals surface area contributed by atoms with Crippen molar-refractivity contribution in [1.29, 1.82) is 0 Å². The van der Waals surface area contributed by atoms with Gasteiger partial charge in [-0.3, -0.25) is 4.79 Å². The Kier molecular flexibility index (Phi) is 3.84. The maximum absolute atomic E-state index is 12.8. The van der Waals surface area contributed by atoms with Gasteiger partial charge in [-0.15, -0.1) is 0 Å². The van der Waals surface area contributed by atoms with Crippen LogP contribution in [-0.2, 0) is 0 Å². The lowest BCUT2D eigenvalue weighted by molar-refractivity contribution is 0.0812. The summed E-state index contributed by atoms with van der Waals surface area (Å²) in [6.07, 6.45) is 7.65. The molecule has 1 atom stereocenters. The number of benzene rings is 1. The highest BCUT2D eigenvalue weighted by Crippen LogP contribution is 2.41. The van der Waals surface area contributed by atoms with Gasteiger partial charge in [0.15, 0.2) is 5.78 Å². The van der Waals surface area contributed by atoms with E-state index in [1.165, 1.54) is 5.57 Å². The molecule has 0 aromatic heterocycles. The van der Waals surface area contributed by atoms with E-state index in [0.717, 1.165) is 24.0 Å². The van der Waals surface area contributed by atoms with Crippen LogP contribution in [0.3, 0.4) is 0 Å². The lowest BCUT2D eigenvalue weighted by atomic mass is 9.69. The first-order valence-electron chi connectivity index (χ1n) is 6.67. The van der Waals surface area contributed by atoms with Gasteiger partial charge in [-0.05, 0) is 25.3 Å². The summed E-state index contributed by atoms with van der Waals surface area (Å²) in [5.74, 6) is 0.222. The molecule has 1 aromatic rings. The number of hydrogen-bond acceptors (Lipinski definition) is 1. The van der Waals surface area contributed by atoms with Crippen molar-refractivity contribution in [2.45, 2.75) is 26.7 Å². The van der Waals surface area contributed by atoms with Crippen molar-refractivity contribution in [3.05, 3.63) is 71.8 Å². The lowest BCUT2D eigenvalue weighted by Gasteiger charge is -2.33. The second-order valence-corrected chi connectivity index (χ2v) is 5.40. The monoisotopic (exact) mass is 252 g/mol. The smallest absolute Gasteiger partial charge is 0.169 e. The van der Waals surface area contributed by atoms with Crippen LogP contribution in [0.15, 0.2) is 66.3 Å². The number of hydrogen-bond donors (Lipinski definition) is 0. The van der Waals surface area contributed by atoms with E-state index in [-0.39, 0.29) is 11.2 Å². The average Bonchev–Trinajstić information content (AvgIpc) is 2.46. The largest absolute Gasteiger partial charge is 0.294 e. The molecule has 98 valence electrons. The summed E-state index contributed by atoms with van der Waals surface area (Å²) < 4.78 is 0. The van der Waals surface area contributed by atoms with Crippen molar-refractivity contribution < 1.29 is 4.79 Å². The zero-order valence-electron chi connectivity index (χ0n) is 11.6. The Morgan fingerprint density at radius 3 is 2.53 bits per heavy atom. The van der Waals surface area contributed by atoms with Gasteiger partial charge >= 0.3 is 0 Å². The molecule has 0 bridgehead atoms. The van der Waals surface area contributed by atoms with Gasteiger partial charge in [0.1, 0.15) is 0 Å². The Hall–Kier alpha value is -1.89. The number of ketones is 1. The molecule has 19 heavy (non-hydrogen) atoms. The minimum atomic E-state index is -0.360. The van der Waals surface area contributed by atoms with Crippen molar-refractivity contribution in [1.82, 2.24) is 0 Å². The third kappa shape index (κ3) is 2.76. The molecule has 0 saturated carbocycles. The first kappa shape index (κ1) is 13.5. The summed E-state index contributed by atoms with van der Waals surface area (Å²) in [6.45, 7) is 7.92. The molecule has 0 radical (unpaired) electrons. The van der Waals surface area contributed by atoms with Gasteiger partial charge in [-0.1, -0.05) is 67.6 Å². The van der Waals surface area contributed by atoms with Crippen LogP contribution in [0.5, 0.6) is 0 Å². The summed E-state index contributed by atoms with van der Waals surface area (Å²) >= 11 is 0. The minimum Gasteiger partial charge on any atom is -0.294 e. The van der Waals surface area contributed by atoms with E-state index >= 15 is 0 Å². The van der Waals surface area contributed by atoms with Crippen molar-refractivity contribution >= 4 is 5.78 Å². The lowest BCUT2D eigenvalue weighted by Crippen LogP contribution is -2.31. The molecule has 0 amide bonds. The van der Waals surface area contributed by atoms with Crippen molar-refractivity contribution in [2.24, 2.45) is 5.41 Å². The van der Waals surface area contributed by atoms with Gasteiger partial charge in [-0.25, -0.2) is 0 Å². The molecule has 1 unspecified atom stereocenters. The SMILES string of the molecule is C=CC1=C/C(=C/C)CC(C)(C(=O)c2ccccc2)C1. The van der Waals surface area contributed by atoms with Crippen LogP contribution >= 0.6 is 0 Å². The fourth-order valence-corrected chi connectivity index (χ4v) is 2.72. The fraction of sp³-hybridized carbons (Fsp3) is 0.278. The molecule has 1 nitrogen and oxygen atoms in total. The highest BCUT2D eigenvalue weighted by atomic mass is 16.1. The van der Waals surface area contributed by atoms with Crippen LogP contribution < -0.4 is 0 Å². The first-order valence-corrected chi connectivity index (χ1v) is 6.67. The van der Waals surface area contributed by atoms with Gasteiger partial charge in [0.25, 0.3) is 0 Å². The van der Waals surface area contributed by atoms with Gasteiger partial charge < -0.3 is 0 Å². The molecule has 1 aliphatic rings. The van der Waals surface area contributed by atoms with E-state index in [2.05, 4.69) is 25.7 Å². The summed E-state index contributed by atoms with van der Waals surface area (Å²) in [6, 6.07) is 9.57. The maximum atomic E-state index is 12.8. The third-order valence-electron chi connectivity index (χ3n) is 3.78. The molecule has 1 heteroatoms. The number of carbonyl (C=O) groups is 1. The molecule has 0 N–H and O–H groups in total. The van der Waals surface area contributed by atoms with Crippen LogP contribution in [0.25, 0.3) is 0 Å². The summed E-state index contributed by atoms with van der Waals surface area (Å²) in [7, 11) is 0. The van der Waals surface area contributed by atoms with Crippen LogP contribution in [0.1, 0.15) is 37.0 Å². The summed E-state index contributed by atoms with van der Waals surface area (Å²) in [5, 5.41) is 0. The Balaban J connectivity index is 2.36. The van der Waals surface area contributed by atoms with Crippen LogP contribution in [0.4, 0.5) is 0 Å². The predicted octanol–water partition coefficient (Wildman–Crippen LogP) is 4.73. The van der Waals surface area contributed by atoms with Crippen molar-refractivity contribution in [3.63, 3.8) is 0 Å². The van der Waals surface area contributed by atoms with Crippen LogP contribution in [-0.4, -0.2) is 5.78 Å². The number of rotatable bonds is 3. The molecule has 2 rings (SSSR count). The number of allylic oxidation sites excluding steroid dienone is 5. The van der Waals surface area contributed by atoms with Gasteiger partial charge in [0, 0.05) is 11.0 Å². The average molecular weight is 252 g/mol. The van der Waals surface area contributed by atoms with Crippen LogP contribution in [0.2, 0.25) is 0 Å². The van der Waals surface area contributed by atoms with Gasteiger partial charge in [0.05, 0.1) is 0 Å². The fourth-order valence-electron chi connectivity index (χ4n) is 2.72. The number of Topliss-reactive ketones (excluding diaryl/α,β-unsaturated/α-hetero) is 1. The molecule has 1 aliphatic carbocycles. The topological polar surface area (TPSA) is 17.1 Å². The second kappa shape index (κ2) is 5.40. The number of carbonyl (C=O) groups excluding carboxylic acids is 1. The molecular formula is C18H20O. The van der Waals surface area contributed by atoms with Gasteiger partial charge in [-0.2, -0.15) is 0 Å². The normalized spacial score (nSPS) is 24.9. The van der Waals surface area contributed by atoms with E-state index in [1.54, 1.807) is 0 Å². The Labute approximate surface area is 115 Å². The highest BCUT2D eigenvalue weighted by Gasteiger charge is 2.36. The highest BCUT2D eigenvalue weighted by molar-refractivity contribution is 6.00. The molecule has 0 spiro atoms. The van der Waals surface area contributed by atoms with E-state index < -0.39 is 0 Å². The van der Waals surface area contributed by atoms with Crippen LogP contribution in [0, 0.1) is 5.41 Å². The molecule has 1 aromatic carbocycles. The zero-order valence-corrected chi connectivity index (χ0v) is 11.6. The van der Waals surface area contributed by atoms with E-state index in [9.17, 15) is 4.79 Å². The van der Waals surface area contributed by atoms with Crippen molar-refractivity contribution in [2.75, 3.05) is 0 Å². The second-order valence-electron chi connectivity index (χ2n) is 5.40. The quantitative estimate of drug-likeness (QED) is 0.711. The molecule has 0 saturated heterocycles. The molecule has 0 aliphatic heterocycles. The zero-order chi connectivity index (χ0) is 13.9. The maximum Gasteiger partial charge on any atom is 0.169 e.